The molecule has 3 aromatic rings. The molecule has 2 N–H and O–H groups in total. The summed E-state index contributed by atoms with van der Waals surface area (Å²) in [6.07, 6.45) is 3.71. The maximum absolute atomic E-state index is 13.6. The summed E-state index contributed by atoms with van der Waals surface area (Å²) in [5.74, 6) is -0.413. The molecule has 19 heavy (non-hydrogen) atoms. The van der Waals surface area contributed by atoms with E-state index >= 15 is 0 Å². The zero-order chi connectivity index (χ0) is 13.2. The van der Waals surface area contributed by atoms with E-state index < -0.39 is 0 Å². The Morgan fingerprint density at radius 3 is 2.05 bits per heavy atom. The van der Waals surface area contributed by atoms with E-state index in [4.69, 9.17) is 11.6 Å². The molecule has 0 fully saturated rings. The van der Waals surface area contributed by atoms with Gasteiger partial charge in [-0.25, -0.2) is 4.39 Å². The minimum atomic E-state index is -0.328. The summed E-state index contributed by atoms with van der Waals surface area (Å²) in [4.78, 5) is 6.35. The van der Waals surface area contributed by atoms with Gasteiger partial charge in [0.25, 0.3) is 0 Å². The Morgan fingerprint density at radius 1 is 0.947 bits per heavy atom. The van der Waals surface area contributed by atoms with Gasteiger partial charge in [0, 0.05) is 28.8 Å². The zero-order valence-electron chi connectivity index (χ0n) is 10.0. The van der Waals surface area contributed by atoms with Crippen molar-refractivity contribution in [2.75, 3.05) is 0 Å². The van der Waals surface area contributed by atoms with Crippen LogP contribution in [0.4, 0.5) is 4.39 Å². The van der Waals surface area contributed by atoms with Crippen molar-refractivity contribution >= 4 is 11.6 Å². The van der Waals surface area contributed by atoms with Crippen molar-refractivity contribution in [1.29, 1.82) is 0 Å². The summed E-state index contributed by atoms with van der Waals surface area (Å²) in [6.45, 7) is 0. The molecule has 0 unspecified atom stereocenters. The van der Waals surface area contributed by atoms with Crippen LogP contribution in [-0.2, 0) is 0 Å². The molecule has 0 aliphatic heterocycles. The van der Waals surface area contributed by atoms with Gasteiger partial charge in [0.15, 0.2) is 0 Å². The Kier molecular flexibility index (Phi) is 3.13. The lowest BCUT2D eigenvalue weighted by atomic mass is 9.92. The van der Waals surface area contributed by atoms with E-state index in [2.05, 4.69) is 9.97 Å². The highest BCUT2D eigenvalue weighted by atomic mass is 35.5. The second-order valence-corrected chi connectivity index (χ2v) is 4.82. The third-order valence-corrected chi connectivity index (χ3v) is 3.30. The van der Waals surface area contributed by atoms with E-state index in [1.54, 1.807) is 6.07 Å². The van der Waals surface area contributed by atoms with Gasteiger partial charge in [0.05, 0.1) is 5.92 Å². The molecule has 2 aromatic heterocycles. The molecule has 2 nitrogen and oxygen atoms in total. The molecule has 0 amide bonds. The van der Waals surface area contributed by atoms with E-state index in [-0.39, 0.29) is 11.7 Å². The fraction of sp³-hybridized carbons (Fsp3) is 0.0667. The van der Waals surface area contributed by atoms with Crippen molar-refractivity contribution < 1.29 is 4.39 Å². The van der Waals surface area contributed by atoms with Crippen LogP contribution in [0, 0.1) is 5.82 Å². The lowest BCUT2D eigenvalue weighted by Gasteiger charge is -2.15. The smallest absolute Gasteiger partial charge is 0.125 e. The molecule has 0 saturated carbocycles. The molecule has 0 aliphatic carbocycles. The maximum atomic E-state index is 13.6. The Bertz CT molecular complexity index is 605. The highest BCUT2D eigenvalue weighted by molar-refractivity contribution is 6.30. The summed E-state index contributed by atoms with van der Waals surface area (Å²) >= 11 is 5.96. The van der Waals surface area contributed by atoms with E-state index in [0.29, 0.717) is 5.02 Å². The number of H-pyrrole nitrogens is 2. The molecule has 0 spiro atoms. The quantitative estimate of drug-likeness (QED) is 0.713. The fourth-order valence-corrected chi connectivity index (χ4v) is 2.55. The zero-order valence-corrected chi connectivity index (χ0v) is 10.8. The SMILES string of the molecule is Fc1cc(Cl)cc(C(c2ccc[nH]2)c2ccc[nH]2)c1. The minimum absolute atomic E-state index is 0.0850. The van der Waals surface area contributed by atoms with E-state index in [0.717, 1.165) is 17.0 Å². The molecule has 96 valence electrons. The molecule has 0 aliphatic rings. The van der Waals surface area contributed by atoms with Crippen LogP contribution in [0.3, 0.4) is 0 Å². The van der Waals surface area contributed by atoms with Crippen molar-refractivity contribution in [3.63, 3.8) is 0 Å². The van der Waals surface area contributed by atoms with Crippen LogP contribution in [0.1, 0.15) is 22.9 Å². The number of rotatable bonds is 3. The molecule has 0 saturated heterocycles. The highest BCUT2D eigenvalue weighted by Crippen LogP contribution is 2.31. The average molecular weight is 275 g/mol. The number of aromatic amines is 2. The van der Waals surface area contributed by atoms with Gasteiger partial charge in [-0.05, 0) is 48.0 Å². The summed E-state index contributed by atoms with van der Waals surface area (Å²) in [6, 6.07) is 12.4. The van der Waals surface area contributed by atoms with Gasteiger partial charge in [0.1, 0.15) is 5.82 Å². The summed E-state index contributed by atoms with van der Waals surface area (Å²) < 4.78 is 13.6. The van der Waals surface area contributed by atoms with Crippen LogP contribution in [0.2, 0.25) is 5.02 Å². The van der Waals surface area contributed by atoms with E-state index in [1.165, 1.54) is 12.1 Å². The lowest BCUT2D eigenvalue weighted by molar-refractivity contribution is 0.624. The molecule has 0 bridgehead atoms. The topological polar surface area (TPSA) is 31.6 Å². The maximum Gasteiger partial charge on any atom is 0.125 e. The number of hydrogen-bond donors (Lipinski definition) is 2. The predicted octanol–water partition coefficient (Wildman–Crippen LogP) is 4.32. The van der Waals surface area contributed by atoms with Crippen LogP contribution in [0.25, 0.3) is 0 Å². The molecule has 0 radical (unpaired) electrons. The predicted molar refractivity (Wildman–Crippen MR) is 73.9 cm³/mol. The number of benzene rings is 1. The van der Waals surface area contributed by atoms with Gasteiger partial charge in [-0.2, -0.15) is 0 Å². The normalized spacial score (nSPS) is 11.1. The van der Waals surface area contributed by atoms with Gasteiger partial charge < -0.3 is 9.97 Å². The summed E-state index contributed by atoms with van der Waals surface area (Å²) in [5, 5.41) is 0.401. The molecular weight excluding hydrogens is 263 g/mol. The lowest BCUT2D eigenvalue weighted by Crippen LogP contribution is -2.04. The first-order valence-corrected chi connectivity index (χ1v) is 6.34. The first kappa shape index (κ1) is 12.1. The highest BCUT2D eigenvalue weighted by Gasteiger charge is 2.19. The van der Waals surface area contributed by atoms with Gasteiger partial charge in [-0.15, -0.1) is 0 Å². The summed E-state index contributed by atoms with van der Waals surface area (Å²) in [5.41, 5.74) is 2.79. The minimum Gasteiger partial charge on any atom is -0.364 e. The number of nitrogens with one attached hydrogen (secondary N) is 2. The Hall–Kier alpha value is -2.00. The number of hydrogen-bond acceptors (Lipinski definition) is 0. The Balaban J connectivity index is 2.14. The largest absolute Gasteiger partial charge is 0.364 e. The number of aromatic nitrogens is 2. The average Bonchev–Trinajstić information content (AvgIpc) is 3.01. The number of halogens is 2. The molecular formula is C15H12ClFN2. The van der Waals surface area contributed by atoms with Crippen LogP contribution in [0.15, 0.2) is 54.9 Å². The van der Waals surface area contributed by atoms with E-state index in [9.17, 15) is 4.39 Å². The molecule has 2 heterocycles. The van der Waals surface area contributed by atoms with Gasteiger partial charge in [-0.3, -0.25) is 0 Å². The second-order valence-electron chi connectivity index (χ2n) is 4.39. The van der Waals surface area contributed by atoms with Crippen molar-refractivity contribution in [1.82, 2.24) is 9.97 Å². The van der Waals surface area contributed by atoms with Crippen LogP contribution >= 0.6 is 11.6 Å². The van der Waals surface area contributed by atoms with Crippen molar-refractivity contribution in [2.45, 2.75) is 5.92 Å². The summed E-state index contributed by atoms with van der Waals surface area (Å²) in [7, 11) is 0. The van der Waals surface area contributed by atoms with Crippen LogP contribution < -0.4 is 0 Å². The standard InChI is InChI=1S/C15H12ClFN2/c16-11-7-10(8-12(17)9-11)15(13-3-1-5-18-13)14-4-2-6-19-14/h1-9,15,18-19H. The molecule has 4 heteroatoms. The Labute approximate surface area is 115 Å². The molecule has 3 rings (SSSR count). The van der Waals surface area contributed by atoms with Gasteiger partial charge in [-0.1, -0.05) is 11.6 Å². The third-order valence-electron chi connectivity index (χ3n) is 3.08. The second kappa shape index (κ2) is 4.94. The van der Waals surface area contributed by atoms with Crippen LogP contribution in [0.5, 0.6) is 0 Å². The van der Waals surface area contributed by atoms with Crippen LogP contribution in [-0.4, -0.2) is 9.97 Å². The monoisotopic (exact) mass is 274 g/mol. The third kappa shape index (κ3) is 2.42. The fourth-order valence-electron chi connectivity index (χ4n) is 2.32. The molecule has 0 atom stereocenters. The first-order chi connectivity index (χ1) is 9.24. The van der Waals surface area contributed by atoms with Crippen molar-refractivity contribution in [3.8, 4) is 0 Å². The van der Waals surface area contributed by atoms with Crippen molar-refractivity contribution in [3.05, 3.63) is 82.6 Å². The molecule has 1 aromatic carbocycles. The Morgan fingerprint density at radius 2 is 1.58 bits per heavy atom. The van der Waals surface area contributed by atoms with Gasteiger partial charge in [0.2, 0.25) is 0 Å². The van der Waals surface area contributed by atoms with E-state index in [1.807, 2.05) is 36.7 Å². The first-order valence-electron chi connectivity index (χ1n) is 5.96. The van der Waals surface area contributed by atoms with Gasteiger partial charge >= 0.3 is 0 Å². The van der Waals surface area contributed by atoms with Crippen molar-refractivity contribution in [2.24, 2.45) is 0 Å².